The summed E-state index contributed by atoms with van der Waals surface area (Å²) in [5, 5.41) is 2.66. The lowest BCUT2D eigenvalue weighted by Crippen LogP contribution is -2.17. The first-order chi connectivity index (χ1) is 12.1. The van der Waals surface area contributed by atoms with Crippen molar-refractivity contribution in [3.8, 4) is 22.6 Å². The summed E-state index contributed by atoms with van der Waals surface area (Å²) in [5.74, 6) is 1.56. The number of hydrogen-bond acceptors (Lipinski definition) is 5. The number of aromatic nitrogens is 2. The third-order valence-electron chi connectivity index (χ3n) is 3.73. The second kappa shape index (κ2) is 7.23. The molecule has 1 amide bonds. The molecule has 0 aliphatic carbocycles. The fraction of sp³-hybridized carbons (Fsp3) is 0.222. The van der Waals surface area contributed by atoms with E-state index in [1.54, 1.807) is 14.2 Å². The molecule has 7 heteroatoms. The average molecular weight is 341 g/mol. The first-order valence-corrected chi connectivity index (χ1v) is 7.65. The molecule has 1 heterocycles. The Labute approximate surface area is 144 Å². The maximum atomic E-state index is 11.6. The Balaban J connectivity index is 1.95. The summed E-state index contributed by atoms with van der Waals surface area (Å²) in [7, 11) is 4.70. The summed E-state index contributed by atoms with van der Waals surface area (Å²) in [6.45, 7) is -0.0225. The molecule has 0 bridgehead atoms. The molecule has 130 valence electrons. The van der Waals surface area contributed by atoms with Crippen molar-refractivity contribution in [2.24, 2.45) is 0 Å². The molecule has 1 aromatic heterocycles. The van der Waals surface area contributed by atoms with E-state index in [0.717, 1.165) is 27.9 Å². The van der Waals surface area contributed by atoms with Gasteiger partial charge in [0.2, 0.25) is 5.95 Å². The SMILES string of the molecule is COCC(=O)Nc1nc2ccc(-c3ccc(OC)cc3OC)cc2[nH]1. The first-order valence-electron chi connectivity index (χ1n) is 7.65. The summed E-state index contributed by atoms with van der Waals surface area (Å²) >= 11 is 0. The van der Waals surface area contributed by atoms with Crippen LogP contribution in [0.15, 0.2) is 36.4 Å². The van der Waals surface area contributed by atoms with Crippen LogP contribution in [0.3, 0.4) is 0 Å². The van der Waals surface area contributed by atoms with Crippen LogP contribution in [0.25, 0.3) is 22.2 Å². The summed E-state index contributed by atoms with van der Waals surface area (Å²) in [6, 6.07) is 11.5. The number of H-pyrrole nitrogens is 1. The van der Waals surface area contributed by atoms with E-state index in [9.17, 15) is 4.79 Å². The van der Waals surface area contributed by atoms with E-state index >= 15 is 0 Å². The molecule has 3 rings (SSSR count). The number of anilines is 1. The first kappa shape index (κ1) is 16.8. The number of nitrogens with one attached hydrogen (secondary N) is 2. The largest absolute Gasteiger partial charge is 0.497 e. The van der Waals surface area contributed by atoms with Gasteiger partial charge in [0.1, 0.15) is 18.1 Å². The Kier molecular flexibility index (Phi) is 4.85. The zero-order chi connectivity index (χ0) is 17.8. The van der Waals surface area contributed by atoms with Gasteiger partial charge in [-0.2, -0.15) is 0 Å². The number of rotatable bonds is 6. The number of hydrogen-bond donors (Lipinski definition) is 2. The fourth-order valence-electron chi connectivity index (χ4n) is 2.57. The van der Waals surface area contributed by atoms with Crippen LogP contribution in [-0.4, -0.2) is 43.8 Å². The van der Waals surface area contributed by atoms with Crippen LogP contribution in [0, 0.1) is 0 Å². The molecule has 0 atom stereocenters. The predicted molar refractivity (Wildman–Crippen MR) is 95.1 cm³/mol. The summed E-state index contributed by atoms with van der Waals surface area (Å²) in [4.78, 5) is 19.0. The number of amides is 1. The lowest BCUT2D eigenvalue weighted by Gasteiger charge is -2.10. The highest BCUT2D eigenvalue weighted by Gasteiger charge is 2.11. The van der Waals surface area contributed by atoms with Gasteiger partial charge >= 0.3 is 0 Å². The monoisotopic (exact) mass is 341 g/mol. The highest BCUT2D eigenvalue weighted by atomic mass is 16.5. The molecule has 0 unspecified atom stereocenters. The standard InChI is InChI=1S/C18H19N3O4/c1-23-10-17(22)21-18-19-14-7-4-11(8-15(14)20-18)13-6-5-12(24-2)9-16(13)25-3/h4-9H,10H2,1-3H3,(H2,19,20,21,22). The molecule has 0 radical (unpaired) electrons. The molecule has 0 aliphatic rings. The third kappa shape index (κ3) is 3.56. The van der Waals surface area contributed by atoms with Crippen molar-refractivity contribution >= 4 is 22.9 Å². The molecule has 2 aromatic carbocycles. The molecule has 3 aromatic rings. The van der Waals surface area contributed by atoms with E-state index in [4.69, 9.17) is 14.2 Å². The molecular formula is C18H19N3O4. The lowest BCUT2D eigenvalue weighted by molar-refractivity contribution is -0.119. The van der Waals surface area contributed by atoms with E-state index in [2.05, 4.69) is 15.3 Å². The van der Waals surface area contributed by atoms with Crippen molar-refractivity contribution < 1.29 is 19.0 Å². The van der Waals surface area contributed by atoms with E-state index in [1.807, 2.05) is 36.4 Å². The van der Waals surface area contributed by atoms with E-state index < -0.39 is 0 Å². The van der Waals surface area contributed by atoms with Gasteiger partial charge in [-0.3, -0.25) is 10.1 Å². The van der Waals surface area contributed by atoms with Crippen LogP contribution >= 0.6 is 0 Å². The zero-order valence-corrected chi connectivity index (χ0v) is 14.3. The number of benzene rings is 2. The van der Waals surface area contributed by atoms with Gasteiger partial charge in [0.15, 0.2) is 0 Å². The number of ether oxygens (including phenoxy) is 3. The summed E-state index contributed by atoms with van der Waals surface area (Å²) in [5.41, 5.74) is 3.46. The Bertz CT molecular complexity index is 904. The van der Waals surface area contributed by atoms with Gasteiger partial charge in [-0.05, 0) is 29.8 Å². The topological polar surface area (TPSA) is 85.5 Å². The second-order valence-electron chi connectivity index (χ2n) is 5.36. The maximum absolute atomic E-state index is 11.6. The van der Waals surface area contributed by atoms with Crippen LogP contribution in [0.4, 0.5) is 5.95 Å². The van der Waals surface area contributed by atoms with Gasteiger partial charge in [0, 0.05) is 18.7 Å². The van der Waals surface area contributed by atoms with Gasteiger partial charge < -0.3 is 19.2 Å². The summed E-state index contributed by atoms with van der Waals surface area (Å²) in [6.07, 6.45) is 0. The van der Waals surface area contributed by atoms with E-state index in [0.29, 0.717) is 11.7 Å². The van der Waals surface area contributed by atoms with Crippen LogP contribution < -0.4 is 14.8 Å². The molecule has 0 fully saturated rings. The maximum Gasteiger partial charge on any atom is 0.252 e. The Morgan fingerprint density at radius 3 is 2.68 bits per heavy atom. The van der Waals surface area contributed by atoms with Crippen molar-refractivity contribution in [3.63, 3.8) is 0 Å². The van der Waals surface area contributed by atoms with Crippen molar-refractivity contribution in [2.45, 2.75) is 0 Å². The van der Waals surface area contributed by atoms with Crippen LogP contribution in [0.1, 0.15) is 0 Å². The van der Waals surface area contributed by atoms with E-state index in [-0.39, 0.29) is 12.5 Å². The second-order valence-corrected chi connectivity index (χ2v) is 5.36. The van der Waals surface area contributed by atoms with Gasteiger partial charge in [0.25, 0.3) is 5.91 Å². The van der Waals surface area contributed by atoms with Gasteiger partial charge in [-0.15, -0.1) is 0 Å². The molecular weight excluding hydrogens is 322 g/mol. The van der Waals surface area contributed by atoms with Gasteiger partial charge in [-0.25, -0.2) is 4.98 Å². The minimum absolute atomic E-state index is 0.0225. The Morgan fingerprint density at radius 2 is 1.96 bits per heavy atom. The van der Waals surface area contributed by atoms with Crippen molar-refractivity contribution in [3.05, 3.63) is 36.4 Å². The lowest BCUT2D eigenvalue weighted by atomic mass is 10.0. The number of aromatic amines is 1. The Hall–Kier alpha value is -3.06. The molecule has 7 nitrogen and oxygen atoms in total. The number of nitrogens with zero attached hydrogens (tertiary/aromatic N) is 1. The molecule has 0 spiro atoms. The normalized spacial score (nSPS) is 10.7. The molecule has 0 saturated carbocycles. The fourth-order valence-corrected chi connectivity index (χ4v) is 2.57. The van der Waals surface area contributed by atoms with Crippen molar-refractivity contribution in [1.29, 1.82) is 0 Å². The molecule has 0 saturated heterocycles. The number of carbonyl (C=O) groups is 1. The minimum atomic E-state index is -0.265. The summed E-state index contributed by atoms with van der Waals surface area (Å²) < 4.78 is 15.5. The van der Waals surface area contributed by atoms with Crippen molar-refractivity contribution in [1.82, 2.24) is 9.97 Å². The number of imidazole rings is 1. The zero-order valence-electron chi connectivity index (χ0n) is 14.3. The van der Waals surface area contributed by atoms with E-state index in [1.165, 1.54) is 7.11 Å². The van der Waals surface area contributed by atoms with Gasteiger partial charge in [0.05, 0.1) is 25.3 Å². The smallest absolute Gasteiger partial charge is 0.252 e. The number of carbonyl (C=O) groups excluding carboxylic acids is 1. The Morgan fingerprint density at radius 1 is 1.12 bits per heavy atom. The number of fused-ring (bicyclic) bond motifs is 1. The van der Waals surface area contributed by atoms with Crippen LogP contribution in [-0.2, 0) is 9.53 Å². The average Bonchev–Trinajstić information content (AvgIpc) is 3.02. The van der Waals surface area contributed by atoms with Crippen LogP contribution in [0.5, 0.6) is 11.5 Å². The number of methoxy groups -OCH3 is 3. The minimum Gasteiger partial charge on any atom is -0.497 e. The molecule has 0 aliphatic heterocycles. The molecule has 25 heavy (non-hydrogen) atoms. The highest BCUT2D eigenvalue weighted by Crippen LogP contribution is 2.34. The van der Waals surface area contributed by atoms with Gasteiger partial charge in [-0.1, -0.05) is 6.07 Å². The third-order valence-corrected chi connectivity index (χ3v) is 3.73. The predicted octanol–water partition coefficient (Wildman–Crippen LogP) is 2.83. The quantitative estimate of drug-likeness (QED) is 0.720. The highest BCUT2D eigenvalue weighted by molar-refractivity contribution is 5.92. The molecule has 2 N–H and O–H groups in total. The van der Waals surface area contributed by atoms with Crippen LogP contribution in [0.2, 0.25) is 0 Å². The van der Waals surface area contributed by atoms with Crippen molar-refractivity contribution in [2.75, 3.05) is 33.3 Å².